The van der Waals surface area contributed by atoms with Gasteiger partial charge in [0, 0.05) is 20.1 Å². The maximum Gasteiger partial charge on any atom is 0 e. The minimum Gasteiger partial charge on any atom is 0 e. The van der Waals surface area contributed by atoms with Gasteiger partial charge in [-0.15, -0.1) is 0 Å². The van der Waals surface area contributed by atoms with Crippen molar-refractivity contribution in [3.05, 3.63) is 20.0 Å². The molecular formula is C3O3Tc. The van der Waals surface area contributed by atoms with E-state index in [-0.39, 0.29) is 20.1 Å². The maximum absolute atomic E-state index is 7.50. The third-order valence-electron chi connectivity index (χ3n) is 0. The first-order chi connectivity index (χ1) is 3.00. The quantitative estimate of drug-likeness (QED) is 0.370. The summed E-state index contributed by atoms with van der Waals surface area (Å²) in [5.41, 5.74) is 0. The molecule has 0 bridgehead atoms. The van der Waals surface area contributed by atoms with Crippen molar-refractivity contribution in [1.82, 2.24) is 0 Å². The zero-order chi connectivity index (χ0) is 6.00. The molecule has 0 spiro atoms. The van der Waals surface area contributed by atoms with Crippen LogP contribution in [0.25, 0.3) is 0 Å². The van der Waals surface area contributed by atoms with E-state index < -0.39 is 0 Å². The van der Waals surface area contributed by atoms with E-state index in [1.165, 1.54) is 0 Å². The molecule has 0 fully saturated rings. The van der Waals surface area contributed by atoms with E-state index in [1.54, 1.807) is 0 Å². The van der Waals surface area contributed by atoms with Crippen molar-refractivity contribution in [1.29, 1.82) is 0 Å². The first kappa shape index (κ1) is 28.7. The molecule has 4 heteroatoms. The van der Waals surface area contributed by atoms with Gasteiger partial charge in [-0.3, -0.25) is 0 Å². The van der Waals surface area contributed by atoms with Gasteiger partial charge in [-0.2, -0.15) is 0 Å². The summed E-state index contributed by atoms with van der Waals surface area (Å²) in [6.07, 6.45) is 0. The van der Waals surface area contributed by atoms with Crippen LogP contribution in [0, 0.1) is 20.0 Å². The van der Waals surface area contributed by atoms with Crippen LogP contribution >= 0.6 is 0 Å². The van der Waals surface area contributed by atoms with Crippen LogP contribution in [-0.2, 0) is 34.1 Å². The van der Waals surface area contributed by atoms with E-state index in [2.05, 4.69) is 20.0 Å². The Morgan fingerprint density at radius 1 is 0.571 bits per heavy atom. The summed E-state index contributed by atoms with van der Waals surface area (Å²) < 4.78 is 22.5. The van der Waals surface area contributed by atoms with Crippen LogP contribution in [0.3, 0.4) is 0 Å². The molecule has 0 amide bonds. The summed E-state index contributed by atoms with van der Waals surface area (Å²) in [4.78, 5) is 0. The van der Waals surface area contributed by atoms with Crippen molar-refractivity contribution < 1.29 is 34.1 Å². The van der Waals surface area contributed by atoms with E-state index in [1.807, 2.05) is 0 Å². The third-order valence-corrected chi connectivity index (χ3v) is 0. The molecule has 37 valence electrons. The smallest absolute Gasteiger partial charge is 0 e. The molecular weight excluding hydrogens is 182 g/mol. The molecule has 0 aliphatic rings. The van der Waals surface area contributed by atoms with Crippen LogP contribution in [0.5, 0.6) is 0 Å². The predicted octanol–water partition coefficient (Wildman–Crippen LogP) is -0.115. The van der Waals surface area contributed by atoms with E-state index >= 15 is 0 Å². The fourth-order valence-corrected chi connectivity index (χ4v) is 0. The molecule has 0 atom stereocenters. The van der Waals surface area contributed by atoms with Gasteiger partial charge in [-0.1, -0.05) is 0 Å². The molecule has 0 aliphatic carbocycles. The fraction of sp³-hybridized carbons (Fsp3) is 0. The van der Waals surface area contributed by atoms with Crippen LogP contribution in [-0.4, -0.2) is 0 Å². The Kier molecular flexibility index (Phi) is 33500. The second-order valence-corrected chi connectivity index (χ2v) is 0. The molecule has 7 heavy (non-hydrogen) atoms. The molecule has 0 aromatic heterocycles. The molecule has 1 radical (unpaired) electrons. The average Bonchev–Trinajstić information content (AvgIpc) is 1.81. The standard InChI is InChI=1S/3CO.Tc/c3*1-2;. The van der Waals surface area contributed by atoms with Gasteiger partial charge in [0.05, 0.1) is 0 Å². The molecule has 3 nitrogen and oxygen atoms in total. The summed E-state index contributed by atoms with van der Waals surface area (Å²) in [7, 11) is 0. The Morgan fingerprint density at radius 3 is 0.571 bits per heavy atom. The zero-order valence-corrected chi connectivity index (χ0v) is 4.96. The summed E-state index contributed by atoms with van der Waals surface area (Å²) in [6.45, 7) is 13.5. The molecule has 0 aliphatic heterocycles. The van der Waals surface area contributed by atoms with Gasteiger partial charge < -0.3 is 0 Å². The predicted molar refractivity (Wildman–Crippen MR) is 11.8 cm³/mol. The van der Waals surface area contributed by atoms with Crippen LogP contribution in [0.1, 0.15) is 0 Å². The Balaban J connectivity index is -0.00000000900. The maximum atomic E-state index is 7.50. The minimum absolute atomic E-state index is 0. The van der Waals surface area contributed by atoms with Crippen LogP contribution in [0.15, 0.2) is 0 Å². The monoisotopic (exact) mass is 181 g/mol. The molecule has 0 saturated heterocycles. The van der Waals surface area contributed by atoms with Crippen molar-refractivity contribution in [3.63, 3.8) is 0 Å². The zero-order valence-electron chi connectivity index (χ0n) is 3.10. The van der Waals surface area contributed by atoms with Gasteiger partial charge in [0.15, 0.2) is 0 Å². The number of rotatable bonds is 0. The Hall–Kier alpha value is -0.131. The second-order valence-electron chi connectivity index (χ2n) is 0. The fourth-order valence-electron chi connectivity index (χ4n) is 0. The molecule has 0 saturated carbocycles. The summed E-state index contributed by atoms with van der Waals surface area (Å²) in [5, 5.41) is 0. The van der Waals surface area contributed by atoms with Gasteiger partial charge >= 0.3 is 33.9 Å². The van der Waals surface area contributed by atoms with Gasteiger partial charge in [0.25, 0.3) is 0 Å². The van der Waals surface area contributed by atoms with E-state index in [0.29, 0.717) is 0 Å². The SMILES string of the molecule is [C-]#[O+].[C-]#[O+].[C-]#[O+].[Tc]. The average molecular weight is 182 g/mol. The van der Waals surface area contributed by atoms with Crippen LogP contribution in [0.4, 0.5) is 0 Å². The van der Waals surface area contributed by atoms with Gasteiger partial charge in [0.2, 0.25) is 0 Å². The molecule has 0 heterocycles. The first-order valence-electron chi connectivity index (χ1n) is 0.612. The van der Waals surface area contributed by atoms with Gasteiger partial charge in [-0.25, -0.2) is 0 Å². The molecule has 0 N–H and O–H groups in total. The Bertz CT molecular complexity index is 38.7. The summed E-state index contributed by atoms with van der Waals surface area (Å²) in [6, 6.07) is 0. The molecule has 0 rings (SSSR count). The van der Waals surface area contributed by atoms with Crippen LogP contribution < -0.4 is 0 Å². The van der Waals surface area contributed by atoms with Crippen LogP contribution in [0.2, 0.25) is 0 Å². The summed E-state index contributed by atoms with van der Waals surface area (Å²) >= 11 is 0. The van der Waals surface area contributed by atoms with Gasteiger partial charge in [0.1, 0.15) is 0 Å². The van der Waals surface area contributed by atoms with Crippen molar-refractivity contribution in [2.75, 3.05) is 0 Å². The largest absolute Gasteiger partial charge is 0 e. The third kappa shape index (κ3) is 5150. The Morgan fingerprint density at radius 2 is 0.571 bits per heavy atom. The molecule has 0 unspecified atom stereocenters. The summed E-state index contributed by atoms with van der Waals surface area (Å²) in [5.74, 6) is 0. The Labute approximate surface area is 54.6 Å². The van der Waals surface area contributed by atoms with Crippen molar-refractivity contribution in [2.45, 2.75) is 0 Å². The van der Waals surface area contributed by atoms with E-state index in [9.17, 15) is 0 Å². The van der Waals surface area contributed by atoms with E-state index in [4.69, 9.17) is 14.0 Å². The first-order valence-corrected chi connectivity index (χ1v) is 0.612. The van der Waals surface area contributed by atoms with Gasteiger partial charge in [-0.05, 0) is 0 Å². The number of hydrogen-bond donors (Lipinski definition) is 0. The van der Waals surface area contributed by atoms with E-state index in [0.717, 1.165) is 0 Å². The minimum atomic E-state index is 0. The normalized spacial score (nSPS) is 0.857. The van der Waals surface area contributed by atoms with Crippen molar-refractivity contribution in [3.8, 4) is 0 Å². The topological polar surface area (TPSA) is 59.7 Å². The molecule has 0 aromatic carbocycles. The second kappa shape index (κ2) is 8150. The number of hydrogen-bond acceptors (Lipinski definition) is 0. The van der Waals surface area contributed by atoms with Crippen molar-refractivity contribution >= 4 is 0 Å². The van der Waals surface area contributed by atoms with Crippen molar-refractivity contribution in [2.24, 2.45) is 0 Å². The molecule has 0 aromatic rings.